The highest BCUT2D eigenvalue weighted by molar-refractivity contribution is 6.31. The largest absolute Gasteiger partial charge is 0.382 e. The Kier molecular flexibility index (Phi) is 4.57. The normalized spacial score (nSPS) is 15.3. The van der Waals surface area contributed by atoms with Crippen LogP contribution in [0.3, 0.4) is 0 Å². The number of nitrogens with zero attached hydrogens (tertiary/aromatic N) is 2. The SMILES string of the molecule is CNC(CC(C)OC)c1c(Cl)cnn1C. The maximum atomic E-state index is 6.08. The predicted molar refractivity (Wildman–Crippen MR) is 61.1 cm³/mol. The Hall–Kier alpha value is -0.580. The first-order valence-corrected chi connectivity index (χ1v) is 5.35. The molecule has 86 valence electrons. The summed E-state index contributed by atoms with van der Waals surface area (Å²) in [5, 5.41) is 8.04. The number of methoxy groups -OCH3 is 1. The van der Waals surface area contributed by atoms with Gasteiger partial charge in [0.1, 0.15) is 0 Å². The highest BCUT2D eigenvalue weighted by Gasteiger charge is 2.19. The van der Waals surface area contributed by atoms with Gasteiger partial charge >= 0.3 is 0 Å². The van der Waals surface area contributed by atoms with Gasteiger partial charge in [-0.15, -0.1) is 0 Å². The first-order chi connectivity index (χ1) is 7.10. The van der Waals surface area contributed by atoms with Gasteiger partial charge in [-0.25, -0.2) is 0 Å². The minimum atomic E-state index is 0.167. The van der Waals surface area contributed by atoms with Crippen LogP contribution in [0.1, 0.15) is 25.1 Å². The van der Waals surface area contributed by atoms with E-state index >= 15 is 0 Å². The van der Waals surface area contributed by atoms with Crippen molar-refractivity contribution in [2.24, 2.45) is 7.05 Å². The molecule has 0 radical (unpaired) electrons. The molecule has 15 heavy (non-hydrogen) atoms. The summed E-state index contributed by atoms with van der Waals surface area (Å²) in [5.74, 6) is 0. The average molecular weight is 232 g/mol. The van der Waals surface area contributed by atoms with Crippen LogP contribution in [0.2, 0.25) is 5.02 Å². The Morgan fingerprint density at radius 2 is 2.33 bits per heavy atom. The van der Waals surface area contributed by atoms with Gasteiger partial charge in [0, 0.05) is 14.2 Å². The summed E-state index contributed by atoms with van der Waals surface area (Å²) in [6.07, 6.45) is 2.72. The van der Waals surface area contributed by atoms with Gasteiger partial charge in [-0.1, -0.05) is 11.6 Å². The summed E-state index contributed by atoms with van der Waals surface area (Å²) >= 11 is 6.08. The van der Waals surface area contributed by atoms with Crippen LogP contribution >= 0.6 is 11.6 Å². The smallest absolute Gasteiger partial charge is 0.0834 e. The molecule has 0 saturated heterocycles. The van der Waals surface area contributed by atoms with Crippen LogP contribution in [-0.4, -0.2) is 30.0 Å². The molecular formula is C10H18ClN3O. The fourth-order valence-electron chi connectivity index (χ4n) is 1.61. The van der Waals surface area contributed by atoms with Gasteiger partial charge in [0.2, 0.25) is 0 Å². The van der Waals surface area contributed by atoms with E-state index in [4.69, 9.17) is 16.3 Å². The Labute approximate surface area is 95.6 Å². The summed E-state index contributed by atoms with van der Waals surface area (Å²) in [4.78, 5) is 0. The molecule has 0 aliphatic rings. The maximum absolute atomic E-state index is 6.08. The third kappa shape index (κ3) is 2.93. The molecule has 2 unspecified atom stereocenters. The number of ether oxygens (including phenoxy) is 1. The van der Waals surface area contributed by atoms with E-state index in [0.29, 0.717) is 5.02 Å². The van der Waals surface area contributed by atoms with Crippen LogP contribution in [0, 0.1) is 0 Å². The zero-order valence-electron chi connectivity index (χ0n) is 9.62. The first kappa shape index (κ1) is 12.5. The molecule has 0 aliphatic heterocycles. The van der Waals surface area contributed by atoms with Crippen molar-refractivity contribution in [1.29, 1.82) is 0 Å². The van der Waals surface area contributed by atoms with E-state index in [0.717, 1.165) is 12.1 Å². The standard InChI is InChI=1S/C10H18ClN3O/c1-7(15-4)5-9(12-2)10-8(11)6-13-14(10)3/h6-7,9,12H,5H2,1-4H3. The van der Waals surface area contributed by atoms with Gasteiger partial charge in [-0.2, -0.15) is 5.10 Å². The second-order valence-electron chi connectivity index (χ2n) is 3.62. The quantitative estimate of drug-likeness (QED) is 0.840. The van der Waals surface area contributed by atoms with Crippen LogP contribution in [0.4, 0.5) is 0 Å². The van der Waals surface area contributed by atoms with Crippen molar-refractivity contribution >= 4 is 11.6 Å². The number of aryl methyl sites for hydroxylation is 1. The average Bonchev–Trinajstić information content (AvgIpc) is 2.55. The molecule has 1 aromatic rings. The first-order valence-electron chi connectivity index (χ1n) is 4.97. The van der Waals surface area contributed by atoms with Gasteiger partial charge in [0.15, 0.2) is 0 Å². The molecule has 0 aromatic carbocycles. The summed E-state index contributed by atoms with van der Waals surface area (Å²) < 4.78 is 7.05. The van der Waals surface area contributed by atoms with Gasteiger partial charge < -0.3 is 10.1 Å². The molecule has 1 N–H and O–H groups in total. The van der Waals surface area contributed by atoms with E-state index in [1.165, 1.54) is 0 Å². The predicted octanol–water partition coefficient (Wildman–Crippen LogP) is 1.76. The number of aromatic nitrogens is 2. The summed E-state index contributed by atoms with van der Waals surface area (Å²) in [5.41, 5.74) is 1.00. The van der Waals surface area contributed by atoms with Crippen LogP contribution in [0.5, 0.6) is 0 Å². The Morgan fingerprint density at radius 3 is 2.73 bits per heavy atom. The number of nitrogens with one attached hydrogen (secondary N) is 1. The maximum Gasteiger partial charge on any atom is 0.0834 e. The Bertz CT molecular complexity index is 294. The minimum absolute atomic E-state index is 0.167. The molecular weight excluding hydrogens is 214 g/mol. The van der Waals surface area contributed by atoms with E-state index in [1.54, 1.807) is 18.0 Å². The van der Waals surface area contributed by atoms with Crippen molar-refractivity contribution in [2.45, 2.75) is 25.5 Å². The highest BCUT2D eigenvalue weighted by Crippen LogP contribution is 2.25. The van der Waals surface area contributed by atoms with Gasteiger partial charge in [-0.3, -0.25) is 4.68 Å². The summed E-state index contributed by atoms with van der Waals surface area (Å²) in [6, 6.07) is 0.167. The highest BCUT2D eigenvalue weighted by atomic mass is 35.5. The topological polar surface area (TPSA) is 39.1 Å². The molecule has 1 heterocycles. The number of hydrogen-bond acceptors (Lipinski definition) is 3. The molecule has 0 spiro atoms. The van der Waals surface area contributed by atoms with Crippen molar-refractivity contribution in [1.82, 2.24) is 15.1 Å². The lowest BCUT2D eigenvalue weighted by Crippen LogP contribution is -2.24. The third-order valence-corrected chi connectivity index (χ3v) is 2.88. The fraction of sp³-hybridized carbons (Fsp3) is 0.700. The van der Waals surface area contributed by atoms with Crippen LogP contribution in [0.25, 0.3) is 0 Å². The number of hydrogen-bond donors (Lipinski definition) is 1. The molecule has 5 heteroatoms. The second-order valence-corrected chi connectivity index (χ2v) is 4.03. The van der Waals surface area contributed by atoms with E-state index in [9.17, 15) is 0 Å². The number of halogens is 1. The van der Waals surface area contributed by atoms with Crippen LogP contribution < -0.4 is 5.32 Å². The molecule has 0 aliphatic carbocycles. The third-order valence-electron chi connectivity index (χ3n) is 2.59. The lowest BCUT2D eigenvalue weighted by molar-refractivity contribution is 0.100. The summed E-state index contributed by atoms with van der Waals surface area (Å²) in [7, 11) is 5.52. The van der Waals surface area contributed by atoms with Gasteiger partial charge in [0.25, 0.3) is 0 Å². The van der Waals surface area contributed by atoms with E-state index in [1.807, 2.05) is 21.0 Å². The molecule has 0 bridgehead atoms. The molecule has 0 fully saturated rings. The Balaban J connectivity index is 2.82. The number of rotatable bonds is 5. The van der Waals surface area contributed by atoms with Crippen molar-refractivity contribution in [3.63, 3.8) is 0 Å². The molecule has 0 saturated carbocycles. The van der Waals surface area contributed by atoms with Crippen molar-refractivity contribution in [3.05, 3.63) is 16.9 Å². The zero-order chi connectivity index (χ0) is 11.4. The van der Waals surface area contributed by atoms with Crippen molar-refractivity contribution in [3.8, 4) is 0 Å². The van der Waals surface area contributed by atoms with E-state index < -0.39 is 0 Å². The van der Waals surface area contributed by atoms with Crippen molar-refractivity contribution in [2.75, 3.05) is 14.2 Å². The van der Waals surface area contributed by atoms with Crippen LogP contribution in [0.15, 0.2) is 6.20 Å². The zero-order valence-corrected chi connectivity index (χ0v) is 10.4. The molecule has 0 amide bonds. The van der Waals surface area contributed by atoms with Crippen molar-refractivity contribution < 1.29 is 4.74 Å². The minimum Gasteiger partial charge on any atom is -0.382 e. The lowest BCUT2D eigenvalue weighted by atomic mass is 10.1. The van der Waals surface area contributed by atoms with E-state index in [2.05, 4.69) is 10.4 Å². The monoisotopic (exact) mass is 231 g/mol. The molecule has 1 aromatic heterocycles. The molecule has 2 atom stereocenters. The van der Waals surface area contributed by atoms with Crippen LogP contribution in [-0.2, 0) is 11.8 Å². The fourth-order valence-corrected chi connectivity index (χ4v) is 1.90. The molecule has 1 rings (SSSR count). The lowest BCUT2D eigenvalue weighted by Gasteiger charge is -2.20. The van der Waals surface area contributed by atoms with Gasteiger partial charge in [0.05, 0.1) is 29.1 Å². The summed E-state index contributed by atoms with van der Waals surface area (Å²) in [6.45, 7) is 2.04. The molecule has 4 nitrogen and oxygen atoms in total. The van der Waals surface area contributed by atoms with Gasteiger partial charge in [-0.05, 0) is 20.4 Å². The second kappa shape index (κ2) is 5.49. The van der Waals surface area contributed by atoms with E-state index in [-0.39, 0.29) is 12.1 Å². The Morgan fingerprint density at radius 1 is 1.67 bits per heavy atom.